The van der Waals surface area contributed by atoms with Crippen molar-refractivity contribution in [2.24, 2.45) is 10.9 Å². The van der Waals surface area contributed by atoms with E-state index < -0.39 is 0 Å². The van der Waals surface area contributed by atoms with Gasteiger partial charge in [0.15, 0.2) is 5.96 Å². The second kappa shape index (κ2) is 8.86. The maximum absolute atomic E-state index is 12.9. The molecule has 0 aliphatic rings. The molecule has 0 saturated heterocycles. The Balaban J connectivity index is 1.93. The zero-order chi connectivity index (χ0) is 17.4. The van der Waals surface area contributed by atoms with E-state index in [1.54, 1.807) is 25.4 Å². The number of rotatable bonds is 6. The van der Waals surface area contributed by atoms with Gasteiger partial charge in [-0.05, 0) is 41.8 Å². The highest BCUT2D eigenvalue weighted by Gasteiger charge is 2.03. The van der Waals surface area contributed by atoms with Gasteiger partial charge >= 0.3 is 0 Å². The minimum absolute atomic E-state index is 0.298. The highest BCUT2D eigenvalue weighted by molar-refractivity contribution is 5.79. The van der Waals surface area contributed by atoms with Gasteiger partial charge in [0.1, 0.15) is 11.6 Å². The Hall–Kier alpha value is -2.63. The Morgan fingerprint density at radius 2 is 1.96 bits per heavy atom. The Bertz CT molecular complexity index is 671. The second-order valence-electron chi connectivity index (χ2n) is 5.76. The molecule has 0 aliphatic heterocycles. The summed E-state index contributed by atoms with van der Waals surface area (Å²) in [5, 5.41) is 6.50. The fourth-order valence-corrected chi connectivity index (χ4v) is 1.95. The van der Waals surface area contributed by atoms with E-state index in [0.29, 0.717) is 24.1 Å². The molecule has 0 spiro atoms. The number of hydrogen-bond donors (Lipinski definition) is 2. The fourth-order valence-electron chi connectivity index (χ4n) is 1.95. The van der Waals surface area contributed by atoms with E-state index in [4.69, 9.17) is 4.74 Å². The first kappa shape index (κ1) is 17.7. The molecule has 2 N–H and O–H groups in total. The first-order valence-corrected chi connectivity index (χ1v) is 7.89. The maximum atomic E-state index is 12.9. The summed E-state index contributed by atoms with van der Waals surface area (Å²) in [7, 11) is 1.74. The summed E-state index contributed by atoms with van der Waals surface area (Å²) in [4.78, 5) is 8.36. The van der Waals surface area contributed by atoms with Crippen LogP contribution >= 0.6 is 0 Å². The number of nitrogens with zero attached hydrogens (tertiary/aromatic N) is 2. The van der Waals surface area contributed by atoms with Gasteiger partial charge in [-0.1, -0.05) is 13.8 Å². The summed E-state index contributed by atoms with van der Waals surface area (Å²) in [6.45, 7) is 5.74. The SMILES string of the molecule is CN=C(NCc1ccnc(Oc2ccc(F)cc2)c1)NCC(C)C. The van der Waals surface area contributed by atoms with Crippen molar-refractivity contribution < 1.29 is 9.13 Å². The predicted octanol–water partition coefficient (Wildman–Crippen LogP) is 3.33. The van der Waals surface area contributed by atoms with Crippen LogP contribution in [0.2, 0.25) is 0 Å². The number of ether oxygens (including phenoxy) is 1. The summed E-state index contributed by atoms with van der Waals surface area (Å²) in [5.41, 5.74) is 1.01. The molecular formula is C18H23FN4O. The molecule has 0 bridgehead atoms. The lowest BCUT2D eigenvalue weighted by molar-refractivity contribution is 0.460. The van der Waals surface area contributed by atoms with Crippen LogP contribution in [0.15, 0.2) is 47.6 Å². The lowest BCUT2D eigenvalue weighted by Crippen LogP contribution is -2.38. The number of aliphatic imine (C=N–C) groups is 1. The normalized spacial score (nSPS) is 11.5. The lowest BCUT2D eigenvalue weighted by Gasteiger charge is -2.13. The zero-order valence-electron chi connectivity index (χ0n) is 14.2. The third-order valence-electron chi connectivity index (χ3n) is 3.20. The van der Waals surface area contributed by atoms with Crippen LogP contribution in [-0.4, -0.2) is 24.5 Å². The van der Waals surface area contributed by atoms with Crippen LogP contribution in [0.5, 0.6) is 11.6 Å². The highest BCUT2D eigenvalue weighted by Crippen LogP contribution is 2.20. The number of halogens is 1. The third kappa shape index (κ3) is 5.87. The number of nitrogens with one attached hydrogen (secondary N) is 2. The topological polar surface area (TPSA) is 58.5 Å². The molecule has 6 heteroatoms. The van der Waals surface area contributed by atoms with Crippen LogP contribution in [0.1, 0.15) is 19.4 Å². The first-order chi connectivity index (χ1) is 11.6. The molecule has 2 rings (SSSR count). The molecule has 0 unspecified atom stereocenters. The number of hydrogen-bond acceptors (Lipinski definition) is 3. The molecule has 24 heavy (non-hydrogen) atoms. The van der Waals surface area contributed by atoms with Crippen LogP contribution in [0.4, 0.5) is 4.39 Å². The minimum Gasteiger partial charge on any atom is -0.439 e. The minimum atomic E-state index is -0.298. The monoisotopic (exact) mass is 330 g/mol. The van der Waals surface area contributed by atoms with Gasteiger partial charge in [0.05, 0.1) is 0 Å². The summed E-state index contributed by atoms with van der Waals surface area (Å²) >= 11 is 0. The van der Waals surface area contributed by atoms with E-state index in [0.717, 1.165) is 18.1 Å². The predicted molar refractivity (Wildman–Crippen MR) is 93.8 cm³/mol. The van der Waals surface area contributed by atoms with Crippen molar-refractivity contribution >= 4 is 5.96 Å². The first-order valence-electron chi connectivity index (χ1n) is 7.89. The van der Waals surface area contributed by atoms with Gasteiger partial charge in [-0.15, -0.1) is 0 Å². The van der Waals surface area contributed by atoms with Crippen LogP contribution in [0.3, 0.4) is 0 Å². The van der Waals surface area contributed by atoms with E-state index in [2.05, 4.69) is 34.5 Å². The molecule has 128 valence electrons. The summed E-state index contributed by atoms with van der Waals surface area (Å²) < 4.78 is 18.5. The van der Waals surface area contributed by atoms with Crippen LogP contribution in [0.25, 0.3) is 0 Å². The van der Waals surface area contributed by atoms with Gasteiger partial charge in [-0.2, -0.15) is 0 Å². The third-order valence-corrected chi connectivity index (χ3v) is 3.20. The Morgan fingerprint density at radius 3 is 2.62 bits per heavy atom. The number of benzene rings is 1. The quantitative estimate of drug-likeness (QED) is 0.630. The van der Waals surface area contributed by atoms with Crippen LogP contribution in [0, 0.1) is 11.7 Å². The van der Waals surface area contributed by atoms with Gasteiger partial charge in [0.25, 0.3) is 0 Å². The molecular weight excluding hydrogens is 307 g/mol. The van der Waals surface area contributed by atoms with Gasteiger partial charge in [-0.3, -0.25) is 4.99 Å². The molecule has 0 aliphatic carbocycles. The Morgan fingerprint density at radius 1 is 1.21 bits per heavy atom. The van der Waals surface area contributed by atoms with Crippen molar-refractivity contribution in [1.82, 2.24) is 15.6 Å². The molecule has 0 saturated carbocycles. The lowest BCUT2D eigenvalue weighted by atomic mass is 10.2. The molecule has 1 aromatic heterocycles. The van der Waals surface area contributed by atoms with E-state index >= 15 is 0 Å². The smallest absolute Gasteiger partial charge is 0.219 e. The second-order valence-corrected chi connectivity index (χ2v) is 5.76. The van der Waals surface area contributed by atoms with Crippen molar-refractivity contribution in [3.05, 3.63) is 54.0 Å². The largest absolute Gasteiger partial charge is 0.439 e. The molecule has 0 atom stereocenters. The Kier molecular flexibility index (Phi) is 6.54. The standard InChI is InChI=1S/C18H23FN4O/c1-13(2)11-22-18(20-3)23-12-14-8-9-21-17(10-14)24-16-6-4-15(19)5-7-16/h4-10,13H,11-12H2,1-3H3,(H2,20,22,23). The molecule has 5 nitrogen and oxygen atoms in total. The van der Waals surface area contributed by atoms with E-state index in [9.17, 15) is 4.39 Å². The van der Waals surface area contributed by atoms with Crippen LogP contribution in [-0.2, 0) is 6.54 Å². The summed E-state index contributed by atoms with van der Waals surface area (Å²) in [6.07, 6.45) is 1.68. The molecule has 0 radical (unpaired) electrons. The molecule has 2 aromatic rings. The van der Waals surface area contributed by atoms with Gasteiger partial charge in [-0.25, -0.2) is 9.37 Å². The number of aromatic nitrogens is 1. The van der Waals surface area contributed by atoms with E-state index in [1.165, 1.54) is 12.1 Å². The van der Waals surface area contributed by atoms with Gasteiger partial charge in [0, 0.05) is 32.4 Å². The number of guanidine groups is 1. The van der Waals surface area contributed by atoms with Crippen molar-refractivity contribution in [3.8, 4) is 11.6 Å². The molecule has 0 fully saturated rings. The van der Waals surface area contributed by atoms with Gasteiger partial charge in [0.2, 0.25) is 5.88 Å². The van der Waals surface area contributed by atoms with Crippen molar-refractivity contribution in [2.75, 3.05) is 13.6 Å². The van der Waals surface area contributed by atoms with E-state index in [-0.39, 0.29) is 5.82 Å². The molecule has 1 aromatic carbocycles. The van der Waals surface area contributed by atoms with Crippen LogP contribution < -0.4 is 15.4 Å². The zero-order valence-corrected chi connectivity index (χ0v) is 14.2. The fraction of sp³-hybridized carbons (Fsp3) is 0.333. The maximum Gasteiger partial charge on any atom is 0.219 e. The average molecular weight is 330 g/mol. The molecule has 0 amide bonds. The van der Waals surface area contributed by atoms with Gasteiger partial charge < -0.3 is 15.4 Å². The summed E-state index contributed by atoms with van der Waals surface area (Å²) in [6, 6.07) is 9.59. The van der Waals surface area contributed by atoms with Crippen molar-refractivity contribution in [1.29, 1.82) is 0 Å². The molecule has 1 heterocycles. The van der Waals surface area contributed by atoms with Crippen molar-refractivity contribution in [3.63, 3.8) is 0 Å². The summed E-state index contributed by atoms with van der Waals surface area (Å²) in [5.74, 6) is 2.00. The Labute approximate surface area is 142 Å². The highest BCUT2D eigenvalue weighted by atomic mass is 19.1. The number of pyridine rings is 1. The average Bonchev–Trinajstić information content (AvgIpc) is 2.57. The van der Waals surface area contributed by atoms with E-state index in [1.807, 2.05) is 12.1 Å². The van der Waals surface area contributed by atoms with Crippen molar-refractivity contribution in [2.45, 2.75) is 20.4 Å².